The number of benzene rings is 1. The zero-order chi connectivity index (χ0) is 13.9. The van der Waals surface area contributed by atoms with Crippen molar-refractivity contribution in [2.24, 2.45) is 0 Å². The Morgan fingerprint density at radius 2 is 2.10 bits per heavy atom. The molecule has 20 heavy (non-hydrogen) atoms. The number of fused-ring (bicyclic) bond motifs is 1. The second-order valence-corrected chi connectivity index (χ2v) is 4.52. The van der Waals surface area contributed by atoms with Crippen LogP contribution in [0.1, 0.15) is 11.3 Å². The number of ether oxygens (including phenoxy) is 2. The number of pyridine rings is 1. The molecule has 1 aromatic heterocycles. The molecular weight excluding hydrogens is 258 g/mol. The predicted molar refractivity (Wildman–Crippen MR) is 70.9 cm³/mol. The third-order valence-corrected chi connectivity index (χ3v) is 3.09. The van der Waals surface area contributed by atoms with Gasteiger partial charge in [-0.15, -0.1) is 0 Å². The number of nitrogens with zero attached hydrogens (tertiary/aromatic N) is 1. The largest absolute Gasteiger partial charge is 0.504 e. The molecule has 0 saturated carbocycles. The van der Waals surface area contributed by atoms with Crippen LogP contribution >= 0.6 is 0 Å². The number of rotatable bonds is 4. The normalized spacial score (nSPS) is 12.4. The molecule has 2 heterocycles. The van der Waals surface area contributed by atoms with E-state index in [-0.39, 0.29) is 31.2 Å². The summed E-state index contributed by atoms with van der Waals surface area (Å²) in [6, 6.07) is 8.83. The lowest BCUT2D eigenvalue weighted by Crippen LogP contribution is -2.07. The zero-order valence-electron chi connectivity index (χ0n) is 10.7. The first-order valence-corrected chi connectivity index (χ1v) is 6.26. The first-order chi connectivity index (χ1) is 9.74. The van der Waals surface area contributed by atoms with E-state index in [1.165, 1.54) is 0 Å². The van der Waals surface area contributed by atoms with Crippen LogP contribution in [0.2, 0.25) is 0 Å². The van der Waals surface area contributed by atoms with Gasteiger partial charge in [-0.25, -0.2) is 0 Å². The summed E-state index contributed by atoms with van der Waals surface area (Å²) in [5, 5.41) is 10.1. The van der Waals surface area contributed by atoms with Crippen LogP contribution in [-0.2, 0) is 17.6 Å². The molecule has 1 aliphatic rings. The number of phenols is 1. The topological polar surface area (TPSA) is 68.7 Å². The van der Waals surface area contributed by atoms with Gasteiger partial charge in [0.05, 0.1) is 0 Å². The van der Waals surface area contributed by atoms with Crippen LogP contribution in [0.3, 0.4) is 0 Å². The highest BCUT2D eigenvalue weighted by Gasteiger charge is 2.21. The number of hydrogen-bond donors (Lipinski definition) is 1. The molecular formula is C15H13NO4. The van der Waals surface area contributed by atoms with Crippen molar-refractivity contribution >= 4 is 5.78 Å². The molecule has 0 saturated heterocycles. The molecule has 0 atom stereocenters. The van der Waals surface area contributed by atoms with Gasteiger partial charge in [0.2, 0.25) is 12.5 Å². The van der Waals surface area contributed by atoms with Gasteiger partial charge in [-0.2, -0.15) is 0 Å². The van der Waals surface area contributed by atoms with Crippen molar-refractivity contribution in [3.63, 3.8) is 0 Å². The molecule has 1 aliphatic heterocycles. The van der Waals surface area contributed by atoms with Crippen LogP contribution in [0.5, 0.6) is 17.2 Å². The molecule has 0 radical (unpaired) electrons. The number of carbonyl (C=O) groups is 1. The van der Waals surface area contributed by atoms with E-state index < -0.39 is 0 Å². The summed E-state index contributed by atoms with van der Waals surface area (Å²) in [5.41, 5.74) is 1.26. The van der Waals surface area contributed by atoms with Gasteiger partial charge in [-0.1, -0.05) is 12.1 Å². The molecule has 3 rings (SSSR count). The first kappa shape index (κ1) is 12.5. The van der Waals surface area contributed by atoms with Gasteiger partial charge in [0.15, 0.2) is 11.5 Å². The van der Waals surface area contributed by atoms with Crippen molar-refractivity contribution in [1.82, 2.24) is 4.98 Å². The smallest absolute Gasteiger partial charge is 0.231 e. The van der Waals surface area contributed by atoms with Crippen molar-refractivity contribution in [2.45, 2.75) is 12.8 Å². The van der Waals surface area contributed by atoms with Crippen LogP contribution in [0.25, 0.3) is 0 Å². The quantitative estimate of drug-likeness (QED) is 0.919. The lowest BCUT2D eigenvalue weighted by molar-refractivity contribution is -0.117. The van der Waals surface area contributed by atoms with E-state index in [1.807, 2.05) is 6.07 Å². The number of ketones is 1. The molecule has 1 N–H and O–H groups in total. The Bertz CT molecular complexity index is 640. The maximum Gasteiger partial charge on any atom is 0.231 e. The summed E-state index contributed by atoms with van der Waals surface area (Å²) in [5.74, 6) is 0.781. The maximum atomic E-state index is 12.0. The Morgan fingerprint density at radius 1 is 1.20 bits per heavy atom. The average Bonchev–Trinajstić information content (AvgIpc) is 2.92. The SMILES string of the molecule is O=C(Cc1ccccn1)Cc1ccc2c(c1O)OCO2. The number of aromatic hydroxyl groups is 1. The van der Waals surface area contributed by atoms with Crippen LogP contribution in [0.4, 0.5) is 0 Å². The van der Waals surface area contributed by atoms with Gasteiger partial charge in [-0.05, 0) is 18.2 Å². The number of aromatic nitrogens is 1. The monoisotopic (exact) mass is 271 g/mol. The predicted octanol–water partition coefficient (Wildman–Crippen LogP) is 1.87. The van der Waals surface area contributed by atoms with Gasteiger partial charge in [0.25, 0.3) is 0 Å². The molecule has 5 heteroatoms. The van der Waals surface area contributed by atoms with E-state index in [0.717, 1.165) is 5.69 Å². The van der Waals surface area contributed by atoms with Gasteiger partial charge < -0.3 is 14.6 Å². The highest BCUT2D eigenvalue weighted by Crippen LogP contribution is 2.42. The van der Waals surface area contributed by atoms with Gasteiger partial charge in [0, 0.05) is 30.3 Å². The van der Waals surface area contributed by atoms with Crippen molar-refractivity contribution in [3.05, 3.63) is 47.8 Å². The first-order valence-electron chi connectivity index (χ1n) is 6.26. The van der Waals surface area contributed by atoms with Crippen LogP contribution in [0, 0.1) is 0 Å². The third-order valence-electron chi connectivity index (χ3n) is 3.09. The van der Waals surface area contributed by atoms with E-state index in [0.29, 0.717) is 17.1 Å². The second kappa shape index (κ2) is 5.21. The Morgan fingerprint density at radius 3 is 2.90 bits per heavy atom. The summed E-state index contributed by atoms with van der Waals surface area (Å²) in [4.78, 5) is 16.1. The molecule has 0 fully saturated rings. The van der Waals surface area contributed by atoms with E-state index in [2.05, 4.69) is 4.98 Å². The summed E-state index contributed by atoms with van der Waals surface area (Å²) < 4.78 is 10.3. The van der Waals surface area contributed by atoms with Crippen LogP contribution in [-0.4, -0.2) is 22.7 Å². The molecule has 0 bridgehead atoms. The fourth-order valence-electron chi connectivity index (χ4n) is 2.12. The van der Waals surface area contributed by atoms with Crippen molar-refractivity contribution in [3.8, 4) is 17.2 Å². The minimum atomic E-state index is -0.0191. The molecule has 1 aromatic carbocycles. The standard InChI is InChI=1S/C15H13NO4/c17-12(8-11-3-1-2-6-16-11)7-10-4-5-13-15(14(10)18)20-9-19-13/h1-6,18H,7-9H2. The van der Waals surface area contributed by atoms with E-state index in [9.17, 15) is 9.90 Å². The Kier molecular flexibility index (Phi) is 3.25. The fourth-order valence-corrected chi connectivity index (χ4v) is 2.12. The lowest BCUT2D eigenvalue weighted by Gasteiger charge is -2.06. The summed E-state index contributed by atoms with van der Waals surface area (Å²) in [6.45, 7) is 0.0915. The van der Waals surface area contributed by atoms with Gasteiger partial charge >= 0.3 is 0 Å². The van der Waals surface area contributed by atoms with Crippen molar-refractivity contribution in [1.29, 1.82) is 0 Å². The summed E-state index contributed by atoms with van der Waals surface area (Å²) >= 11 is 0. The third kappa shape index (κ3) is 2.42. The summed E-state index contributed by atoms with van der Waals surface area (Å²) in [6.07, 6.45) is 2.04. The Balaban J connectivity index is 1.74. The second-order valence-electron chi connectivity index (χ2n) is 4.52. The number of carbonyl (C=O) groups excluding carboxylic acids is 1. The molecule has 0 aliphatic carbocycles. The minimum absolute atomic E-state index is 0.0159. The summed E-state index contributed by atoms with van der Waals surface area (Å²) in [7, 11) is 0. The zero-order valence-corrected chi connectivity index (χ0v) is 10.7. The molecule has 2 aromatic rings. The number of hydrogen-bond acceptors (Lipinski definition) is 5. The fraction of sp³-hybridized carbons (Fsp3) is 0.200. The highest BCUT2D eigenvalue weighted by molar-refractivity contribution is 5.83. The molecule has 102 valence electrons. The van der Waals surface area contributed by atoms with Crippen molar-refractivity contribution < 1.29 is 19.4 Å². The highest BCUT2D eigenvalue weighted by atomic mass is 16.7. The van der Waals surface area contributed by atoms with Gasteiger partial charge in [-0.3, -0.25) is 9.78 Å². The van der Waals surface area contributed by atoms with E-state index >= 15 is 0 Å². The van der Waals surface area contributed by atoms with E-state index in [4.69, 9.17) is 9.47 Å². The molecule has 5 nitrogen and oxygen atoms in total. The minimum Gasteiger partial charge on any atom is -0.504 e. The molecule has 0 amide bonds. The van der Waals surface area contributed by atoms with Crippen LogP contribution < -0.4 is 9.47 Å². The van der Waals surface area contributed by atoms with Crippen molar-refractivity contribution in [2.75, 3.05) is 6.79 Å². The van der Waals surface area contributed by atoms with Crippen LogP contribution in [0.15, 0.2) is 36.5 Å². The Hall–Kier alpha value is -2.56. The molecule has 0 unspecified atom stereocenters. The lowest BCUT2D eigenvalue weighted by atomic mass is 10.0. The number of phenolic OH excluding ortho intramolecular Hbond substituents is 1. The average molecular weight is 271 g/mol. The van der Waals surface area contributed by atoms with E-state index in [1.54, 1.807) is 30.5 Å². The molecule has 0 spiro atoms. The number of Topliss-reactive ketones (excluding diaryl/α,β-unsaturated/α-hetero) is 1. The maximum absolute atomic E-state index is 12.0. The Labute approximate surface area is 115 Å². The van der Waals surface area contributed by atoms with Gasteiger partial charge in [0.1, 0.15) is 5.78 Å².